The summed E-state index contributed by atoms with van der Waals surface area (Å²) >= 11 is 0. The van der Waals surface area contributed by atoms with Crippen LogP contribution < -0.4 is 15.2 Å². The second-order valence-electron chi connectivity index (χ2n) is 4.15. The molecule has 1 aromatic carbocycles. The molecule has 0 spiro atoms. The van der Waals surface area contributed by atoms with E-state index in [1.165, 1.54) is 0 Å². The van der Waals surface area contributed by atoms with E-state index in [2.05, 4.69) is 6.58 Å². The summed E-state index contributed by atoms with van der Waals surface area (Å²) < 4.78 is 11.2. The van der Waals surface area contributed by atoms with E-state index in [0.29, 0.717) is 6.54 Å². The molecule has 0 unspecified atom stereocenters. The van der Waals surface area contributed by atoms with Gasteiger partial charge in [-0.3, -0.25) is 0 Å². The van der Waals surface area contributed by atoms with Crippen molar-refractivity contribution in [3.05, 3.63) is 35.9 Å². The van der Waals surface area contributed by atoms with Gasteiger partial charge < -0.3 is 15.2 Å². The van der Waals surface area contributed by atoms with Crippen molar-refractivity contribution in [3.8, 4) is 11.5 Å². The first-order valence-corrected chi connectivity index (χ1v) is 5.79. The van der Waals surface area contributed by atoms with Crippen LogP contribution in [0, 0.1) is 0 Å². The Morgan fingerprint density at radius 2 is 2.12 bits per heavy atom. The molecule has 0 heterocycles. The van der Waals surface area contributed by atoms with Gasteiger partial charge in [-0.2, -0.15) is 0 Å². The minimum absolute atomic E-state index is 0.108. The summed E-state index contributed by atoms with van der Waals surface area (Å²) in [6.07, 6.45) is 2.70. The van der Waals surface area contributed by atoms with Gasteiger partial charge in [0.15, 0.2) is 11.5 Å². The number of allylic oxidation sites excluding steroid dienone is 1. The summed E-state index contributed by atoms with van der Waals surface area (Å²) in [5.74, 6) is 1.53. The molecule has 0 aliphatic heterocycles. The van der Waals surface area contributed by atoms with Crippen molar-refractivity contribution in [1.29, 1.82) is 0 Å². The van der Waals surface area contributed by atoms with Crippen LogP contribution in [0.3, 0.4) is 0 Å². The van der Waals surface area contributed by atoms with E-state index in [-0.39, 0.29) is 6.10 Å². The largest absolute Gasteiger partial charge is 0.493 e. The second-order valence-corrected chi connectivity index (χ2v) is 4.15. The number of benzene rings is 1. The van der Waals surface area contributed by atoms with E-state index in [1.807, 2.05) is 32.1 Å². The van der Waals surface area contributed by atoms with E-state index in [9.17, 15) is 0 Å². The molecule has 0 aliphatic rings. The Bertz CT molecular complexity index is 386. The van der Waals surface area contributed by atoms with Crippen LogP contribution in [0.15, 0.2) is 24.8 Å². The van der Waals surface area contributed by atoms with Crippen LogP contribution in [-0.2, 0) is 13.0 Å². The third-order valence-electron chi connectivity index (χ3n) is 2.36. The van der Waals surface area contributed by atoms with Gasteiger partial charge >= 0.3 is 0 Å². The maximum atomic E-state index is 5.81. The molecule has 0 bridgehead atoms. The molecule has 0 atom stereocenters. The van der Waals surface area contributed by atoms with Crippen molar-refractivity contribution >= 4 is 0 Å². The molecule has 0 saturated heterocycles. The highest BCUT2D eigenvalue weighted by atomic mass is 16.5. The number of rotatable bonds is 6. The predicted octanol–water partition coefficient (Wildman–Crippen LogP) is 2.67. The van der Waals surface area contributed by atoms with Gasteiger partial charge in [0.25, 0.3) is 0 Å². The first-order valence-electron chi connectivity index (χ1n) is 5.79. The molecule has 0 fully saturated rings. The molecule has 94 valence electrons. The standard InChI is InChI=1S/C14H21NO2/c1-5-6-12-7-11(9-15)8-13(16-4)14(12)17-10(2)3/h5,7-8,10H,1,6,9,15H2,2-4H3. The minimum atomic E-state index is 0.108. The summed E-state index contributed by atoms with van der Waals surface area (Å²) in [6.45, 7) is 8.24. The zero-order valence-electron chi connectivity index (χ0n) is 10.8. The molecular formula is C14H21NO2. The van der Waals surface area contributed by atoms with E-state index >= 15 is 0 Å². The number of nitrogens with two attached hydrogens (primary N) is 1. The van der Waals surface area contributed by atoms with Crippen LogP contribution in [-0.4, -0.2) is 13.2 Å². The first-order chi connectivity index (χ1) is 8.12. The number of hydrogen-bond donors (Lipinski definition) is 1. The van der Waals surface area contributed by atoms with Crippen LogP contribution in [0.25, 0.3) is 0 Å². The number of hydrogen-bond acceptors (Lipinski definition) is 3. The van der Waals surface area contributed by atoms with Crippen LogP contribution in [0.5, 0.6) is 11.5 Å². The van der Waals surface area contributed by atoms with Gasteiger partial charge in [0.2, 0.25) is 0 Å². The number of methoxy groups -OCH3 is 1. The fraction of sp³-hybridized carbons (Fsp3) is 0.429. The maximum Gasteiger partial charge on any atom is 0.165 e. The van der Waals surface area contributed by atoms with Gasteiger partial charge in [0, 0.05) is 12.1 Å². The lowest BCUT2D eigenvalue weighted by atomic mass is 10.1. The monoisotopic (exact) mass is 235 g/mol. The Kier molecular flexibility index (Phi) is 5.04. The molecule has 0 aliphatic carbocycles. The fourth-order valence-electron chi connectivity index (χ4n) is 1.67. The lowest BCUT2D eigenvalue weighted by Crippen LogP contribution is -2.10. The van der Waals surface area contributed by atoms with Crippen LogP contribution >= 0.6 is 0 Å². The molecule has 0 amide bonds. The minimum Gasteiger partial charge on any atom is -0.493 e. The topological polar surface area (TPSA) is 44.5 Å². The van der Waals surface area contributed by atoms with E-state index in [0.717, 1.165) is 29.0 Å². The average molecular weight is 235 g/mol. The summed E-state index contributed by atoms with van der Waals surface area (Å²) in [5, 5.41) is 0. The fourth-order valence-corrected chi connectivity index (χ4v) is 1.67. The van der Waals surface area contributed by atoms with Crippen LogP contribution in [0.1, 0.15) is 25.0 Å². The molecule has 2 N–H and O–H groups in total. The highest BCUT2D eigenvalue weighted by Crippen LogP contribution is 2.34. The zero-order valence-corrected chi connectivity index (χ0v) is 10.8. The average Bonchev–Trinajstić information content (AvgIpc) is 2.30. The lowest BCUT2D eigenvalue weighted by Gasteiger charge is -2.18. The van der Waals surface area contributed by atoms with Crippen molar-refractivity contribution < 1.29 is 9.47 Å². The quantitative estimate of drug-likeness (QED) is 0.771. The van der Waals surface area contributed by atoms with E-state index in [4.69, 9.17) is 15.2 Å². The third-order valence-corrected chi connectivity index (χ3v) is 2.36. The summed E-state index contributed by atoms with van der Waals surface area (Å²) in [5.41, 5.74) is 7.77. The molecule has 0 radical (unpaired) electrons. The summed E-state index contributed by atoms with van der Waals surface area (Å²) in [4.78, 5) is 0. The van der Waals surface area contributed by atoms with Crippen molar-refractivity contribution in [3.63, 3.8) is 0 Å². The van der Waals surface area contributed by atoms with Crippen molar-refractivity contribution in [2.45, 2.75) is 32.9 Å². The normalized spacial score (nSPS) is 10.4. The van der Waals surface area contributed by atoms with E-state index < -0.39 is 0 Å². The Hall–Kier alpha value is -1.48. The SMILES string of the molecule is C=CCc1cc(CN)cc(OC)c1OC(C)C. The van der Waals surface area contributed by atoms with Gasteiger partial charge in [0.05, 0.1) is 13.2 Å². The van der Waals surface area contributed by atoms with Gasteiger partial charge in [-0.05, 0) is 31.9 Å². The van der Waals surface area contributed by atoms with Crippen LogP contribution in [0.4, 0.5) is 0 Å². The first kappa shape index (κ1) is 13.6. The zero-order chi connectivity index (χ0) is 12.8. The highest BCUT2D eigenvalue weighted by Gasteiger charge is 2.13. The Morgan fingerprint density at radius 1 is 1.41 bits per heavy atom. The molecule has 17 heavy (non-hydrogen) atoms. The summed E-state index contributed by atoms with van der Waals surface area (Å²) in [6, 6.07) is 3.96. The van der Waals surface area contributed by atoms with E-state index in [1.54, 1.807) is 7.11 Å². The van der Waals surface area contributed by atoms with Gasteiger partial charge in [0.1, 0.15) is 0 Å². The number of ether oxygens (including phenoxy) is 2. The van der Waals surface area contributed by atoms with Crippen molar-refractivity contribution in [2.24, 2.45) is 5.73 Å². The molecule has 0 saturated carbocycles. The Morgan fingerprint density at radius 3 is 2.59 bits per heavy atom. The summed E-state index contributed by atoms with van der Waals surface area (Å²) in [7, 11) is 1.64. The van der Waals surface area contributed by atoms with Crippen LogP contribution in [0.2, 0.25) is 0 Å². The van der Waals surface area contributed by atoms with Gasteiger partial charge in [-0.15, -0.1) is 6.58 Å². The molecule has 1 aromatic rings. The smallest absolute Gasteiger partial charge is 0.165 e. The highest BCUT2D eigenvalue weighted by molar-refractivity contribution is 5.50. The second kappa shape index (κ2) is 6.30. The Balaban J connectivity index is 3.24. The van der Waals surface area contributed by atoms with Crippen molar-refractivity contribution in [1.82, 2.24) is 0 Å². The predicted molar refractivity (Wildman–Crippen MR) is 70.6 cm³/mol. The molecule has 3 nitrogen and oxygen atoms in total. The third kappa shape index (κ3) is 3.49. The van der Waals surface area contributed by atoms with Gasteiger partial charge in [-0.25, -0.2) is 0 Å². The molecule has 0 aromatic heterocycles. The lowest BCUT2D eigenvalue weighted by molar-refractivity contribution is 0.228. The maximum absolute atomic E-state index is 5.81. The molecular weight excluding hydrogens is 214 g/mol. The molecule has 3 heteroatoms. The van der Waals surface area contributed by atoms with Crippen molar-refractivity contribution in [2.75, 3.05) is 7.11 Å². The Labute approximate surface area is 103 Å². The molecule has 1 rings (SSSR count). The van der Waals surface area contributed by atoms with Gasteiger partial charge in [-0.1, -0.05) is 12.1 Å².